The van der Waals surface area contributed by atoms with E-state index in [1.807, 2.05) is 24.3 Å². The van der Waals surface area contributed by atoms with Gasteiger partial charge < -0.3 is 15.7 Å². The molecule has 6 nitrogen and oxygen atoms in total. The highest BCUT2D eigenvalue weighted by atomic mass is 79.9. The molecule has 1 aliphatic carbocycles. The van der Waals surface area contributed by atoms with Crippen LogP contribution in [0.25, 0.3) is 0 Å². The molecule has 1 aromatic rings. The van der Waals surface area contributed by atoms with E-state index in [1.165, 1.54) is 4.90 Å². The van der Waals surface area contributed by atoms with Crippen LogP contribution in [0, 0.1) is 11.8 Å². The van der Waals surface area contributed by atoms with Gasteiger partial charge in [0.2, 0.25) is 11.8 Å². The Hall–Kier alpha value is -1.89. The van der Waals surface area contributed by atoms with E-state index in [2.05, 4.69) is 15.9 Å². The van der Waals surface area contributed by atoms with Gasteiger partial charge in [-0.1, -0.05) is 28.1 Å². The molecule has 0 radical (unpaired) electrons. The van der Waals surface area contributed by atoms with Crippen LogP contribution >= 0.6 is 15.9 Å². The number of rotatable bonds is 6. The summed E-state index contributed by atoms with van der Waals surface area (Å²) in [5.41, 5.74) is 6.01. The van der Waals surface area contributed by atoms with E-state index < -0.39 is 23.7 Å². The molecule has 3 N–H and O–H groups in total. The smallest absolute Gasteiger partial charge is 0.307 e. The third-order valence-electron chi connectivity index (χ3n) is 3.37. The monoisotopic (exact) mass is 354 g/mol. The van der Waals surface area contributed by atoms with Crippen molar-refractivity contribution in [1.29, 1.82) is 0 Å². The van der Waals surface area contributed by atoms with Crippen LogP contribution in [0.5, 0.6) is 0 Å². The van der Waals surface area contributed by atoms with Gasteiger partial charge in [-0.15, -0.1) is 0 Å². The number of nitrogens with zero attached hydrogens (tertiary/aromatic N) is 1. The number of carbonyl (C=O) groups is 3. The minimum atomic E-state index is -0.976. The molecule has 1 aromatic carbocycles. The lowest BCUT2D eigenvalue weighted by molar-refractivity contribution is -0.142. The molecule has 2 unspecified atom stereocenters. The maximum absolute atomic E-state index is 12.3. The Kier molecular flexibility index (Phi) is 4.62. The maximum atomic E-state index is 12.3. The van der Waals surface area contributed by atoms with Crippen LogP contribution < -0.4 is 5.73 Å². The first-order chi connectivity index (χ1) is 9.88. The van der Waals surface area contributed by atoms with Crippen LogP contribution in [0.3, 0.4) is 0 Å². The van der Waals surface area contributed by atoms with E-state index in [4.69, 9.17) is 10.8 Å². The number of primary amides is 1. The van der Waals surface area contributed by atoms with Crippen molar-refractivity contribution in [1.82, 2.24) is 4.90 Å². The molecule has 2 atom stereocenters. The predicted octanol–water partition coefficient (Wildman–Crippen LogP) is 0.984. The summed E-state index contributed by atoms with van der Waals surface area (Å²) in [6.07, 6.45) is 0.323. The number of nitrogens with two attached hydrogens (primary N) is 1. The molecule has 0 saturated heterocycles. The summed E-state index contributed by atoms with van der Waals surface area (Å²) in [5, 5.41) is 8.89. The van der Waals surface area contributed by atoms with E-state index >= 15 is 0 Å². The molecular weight excluding hydrogens is 340 g/mol. The lowest BCUT2D eigenvalue weighted by atomic mass is 10.2. The Balaban J connectivity index is 2.07. The standard InChI is InChI=1S/C14H15BrN2O4/c15-9-3-1-8(2-4-9)6-17(7-12(16)18)13(19)10-5-11(10)14(20)21/h1-4,10-11H,5-7H2,(H2,16,18)(H,20,21). The fourth-order valence-electron chi connectivity index (χ4n) is 2.19. The van der Waals surface area contributed by atoms with Gasteiger partial charge in [-0.2, -0.15) is 0 Å². The average molecular weight is 355 g/mol. The van der Waals surface area contributed by atoms with Crippen molar-refractivity contribution in [2.24, 2.45) is 17.6 Å². The summed E-state index contributed by atoms with van der Waals surface area (Å²) < 4.78 is 0.909. The number of hydrogen-bond donors (Lipinski definition) is 2. The third kappa shape index (κ3) is 4.04. The lowest BCUT2D eigenvalue weighted by Gasteiger charge is -2.21. The van der Waals surface area contributed by atoms with Crippen molar-refractivity contribution < 1.29 is 19.5 Å². The fourth-order valence-corrected chi connectivity index (χ4v) is 2.45. The van der Waals surface area contributed by atoms with Gasteiger partial charge in [0.15, 0.2) is 0 Å². The zero-order chi connectivity index (χ0) is 15.6. The van der Waals surface area contributed by atoms with Crippen LogP contribution in [-0.2, 0) is 20.9 Å². The average Bonchev–Trinajstić information content (AvgIpc) is 3.19. The van der Waals surface area contributed by atoms with Crippen molar-refractivity contribution in [3.05, 3.63) is 34.3 Å². The number of amides is 2. The second kappa shape index (κ2) is 6.26. The highest BCUT2D eigenvalue weighted by Crippen LogP contribution is 2.40. The van der Waals surface area contributed by atoms with Crippen molar-refractivity contribution in [3.63, 3.8) is 0 Å². The Bertz CT molecular complexity index is 573. The van der Waals surface area contributed by atoms with Crippen molar-refractivity contribution in [2.45, 2.75) is 13.0 Å². The van der Waals surface area contributed by atoms with Crippen LogP contribution in [0.1, 0.15) is 12.0 Å². The predicted molar refractivity (Wildman–Crippen MR) is 78.0 cm³/mol. The van der Waals surface area contributed by atoms with E-state index in [1.54, 1.807) is 0 Å². The summed E-state index contributed by atoms with van der Waals surface area (Å²) in [4.78, 5) is 35.6. The summed E-state index contributed by atoms with van der Waals surface area (Å²) in [7, 11) is 0. The van der Waals surface area contributed by atoms with Gasteiger partial charge in [-0.25, -0.2) is 0 Å². The van der Waals surface area contributed by atoms with E-state index in [9.17, 15) is 14.4 Å². The van der Waals surface area contributed by atoms with Crippen LogP contribution in [0.4, 0.5) is 0 Å². The zero-order valence-corrected chi connectivity index (χ0v) is 12.7. The number of benzene rings is 1. The van der Waals surface area contributed by atoms with Gasteiger partial charge in [0, 0.05) is 11.0 Å². The second-order valence-electron chi connectivity index (χ2n) is 5.07. The molecule has 0 aliphatic heterocycles. The Labute approximate surface area is 130 Å². The second-order valence-corrected chi connectivity index (χ2v) is 5.99. The molecular formula is C14H15BrN2O4. The number of aliphatic carboxylic acids is 1. The van der Waals surface area contributed by atoms with E-state index in [0.717, 1.165) is 10.0 Å². The van der Waals surface area contributed by atoms with Crippen LogP contribution in [-0.4, -0.2) is 34.3 Å². The number of carboxylic acid groups (broad SMARTS) is 1. The number of carboxylic acids is 1. The topological polar surface area (TPSA) is 101 Å². The van der Waals surface area contributed by atoms with Crippen LogP contribution in [0.2, 0.25) is 0 Å². The maximum Gasteiger partial charge on any atom is 0.307 e. The summed E-state index contributed by atoms with van der Waals surface area (Å²) in [6.45, 7) is 0.0234. The molecule has 21 heavy (non-hydrogen) atoms. The summed E-state index contributed by atoms with van der Waals surface area (Å²) in [6, 6.07) is 7.32. The van der Waals surface area contributed by atoms with Crippen molar-refractivity contribution in [3.8, 4) is 0 Å². The first kappa shape index (κ1) is 15.5. The molecule has 7 heteroatoms. The quantitative estimate of drug-likeness (QED) is 0.794. The lowest BCUT2D eigenvalue weighted by Crippen LogP contribution is -2.39. The highest BCUT2D eigenvalue weighted by molar-refractivity contribution is 9.10. The molecule has 2 rings (SSSR count). The normalized spacial score (nSPS) is 19.9. The highest BCUT2D eigenvalue weighted by Gasteiger charge is 2.49. The number of halogens is 1. The molecule has 1 aliphatic rings. The summed E-state index contributed by atoms with van der Waals surface area (Å²) in [5.74, 6) is -3.11. The zero-order valence-electron chi connectivity index (χ0n) is 11.2. The number of carbonyl (C=O) groups excluding carboxylic acids is 2. The molecule has 0 aromatic heterocycles. The van der Waals surface area contributed by atoms with Gasteiger partial charge in [-0.3, -0.25) is 14.4 Å². The van der Waals surface area contributed by atoms with E-state index in [-0.39, 0.29) is 19.0 Å². The van der Waals surface area contributed by atoms with Crippen molar-refractivity contribution in [2.75, 3.05) is 6.54 Å². The molecule has 0 spiro atoms. The first-order valence-electron chi connectivity index (χ1n) is 6.43. The largest absolute Gasteiger partial charge is 0.481 e. The minimum Gasteiger partial charge on any atom is -0.481 e. The van der Waals surface area contributed by atoms with Gasteiger partial charge >= 0.3 is 5.97 Å². The van der Waals surface area contributed by atoms with Gasteiger partial charge in [0.25, 0.3) is 0 Å². The molecule has 2 amide bonds. The minimum absolute atomic E-state index is 0.211. The van der Waals surface area contributed by atoms with Gasteiger partial charge in [0.1, 0.15) is 0 Å². The van der Waals surface area contributed by atoms with Gasteiger partial charge in [-0.05, 0) is 24.1 Å². The van der Waals surface area contributed by atoms with Crippen molar-refractivity contribution >= 4 is 33.7 Å². The van der Waals surface area contributed by atoms with Crippen LogP contribution in [0.15, 0.2) is 28.7 Å². The molecule has 0 heterocycles. The Morgan fingerprint density at radius 3 is 2.33 bits per heavy atom. The Morgan fingerprint density at radius 1 is 1.24 bits per heavy atom. The molecule has 0 bridgehead atoms. The van der Waals surface area contributed by atoms with E-state index in [0.29, 0.717) is 6.42 Å². The molecule has 1 fully saturated rings. The third-order valence-corrected chi connectivity index (χ3v) is 3.90. The first-order valence-corrected chi connectivity index (χ1v) is 7.22. The van der Waals surface area contributed by atoms with Gasteiger partial charge in [0.05, 0.1) is 18.4 Å². The fraction of sp³-hybridized carbons (Fsp3) is 0.357. The summed E-state index contributed by atoms with van der Waals surface area (Å²) >= 11 is 3.32. The SMILES string of the molecule is NC(=O)CN(Cc1ccc(Br)cc1)C(=O)C1CC1C(=O)O. The molecule has 112 valence electrons. The Morgan fingerprint density at radius 2 is 1.86 bits per heavy atom. The number of hydrogen-bond acceptors (Lipinski definition) is 3. The molecule has 1 saturated carbocycles.